The van der Waals surface area contributed by atoms with E-state index in [0.29, 0.717) is 0 Å². The van der Waals surface area contributed by atoms with Crippen LogP contribution in [0.4, 0.5) is 5.69 Å². The lowest BCUT2D eigenvalue weighted by Crippen LogP contribution is -2.44. The van der Waals surface area contributed by atoms with E-state index in [4.69, 9.17) is 11.6 Å². The standard InChI is InChI=1S/C19H22ClN3/c1-2-16-3-5-17(6-4-16)15-21-23-13-11-22(12-14-23)19-9-7-18(20)8-10-19/h3-10,15H,2,11-14H2,1H3/b21-15-. The van der Waals surface area contributed by atoms with Gasteiger partial charge in [0.1, 0.15) is 0 Å². The van der Waals surface area contributed by atoms with Gasteiger partial charge in [0, 0.05) is 23.8 Å². The molecule has 0 saturated carbocycles. The van der Waals surface area contributed by atoms with Gasteiger partial charge in [0.2, 0.25) is 0 Å². The molecule has 0 unspecified atom stereocenters. The Morgan fingerprint density at radius 2 is 1.61 bits per heavy atom. The highest BCUT2D eigenvalue weighted by Gasteiger charge is 2.15. The molecule has 1 aliphatic heterocycles. The summed E-state index contributed by atoms with van der Waals surface area (Å²) < 4.78 is 0. The van der Waals surface area contributed by atoms with E-state index < -0.39 is 0 Å². The minimum absolute atomic E-state index is 0.783. The third kappa shape index (κ3) is 4.26. The van der Waals surface area contributed by atoms with Gasteiger partial charge in [-0.05, 0) is 41.8 Å². The Morgan fingerprint density at radius 1 is 0.957 bits per heavy atom. The van der Waals surface area contributed by atoms with Crippen LogP contribution < -0.4 is 4.90 Å². The van der Waals surface area contributed by atoms with E-state index >= 15 is 0 Å². The normalized spacial score (nSPS) is 15.4. The molecule has 3 nitrogen and oxygen atoms in total. The van der Waals surface area contributed by atoms with Gasteiger partial charge in [-0.25, -0.2) is 0 Å². The molecule has 0 bridgehead atoms. The fourth-order valence-corrected chi connectivity index (χ4v) is 2.84. The Balaban J connectivity index is 1.54. The third-order valence-corrected chi connectivity index (χ3v) is 4.46. The highest BCUT2D eigenvalue weighted by molar-refractivity contribution is 6.30. The first-order chi connectivity index (χ1) is 11.2. The largest absolute Gasteiger partial charge is 0.368 e. The summed E-state index contributed by atoms with van der Waals surface area (Å²) in [5.74, 6) is 0. The van der Waals surface area contributed by atoms with E-state index in [1.807, 2.05) is 18.3 Å². The van der Waals surface area contributed by atoms with Crippen molar-refractivity contribution < 1.29 is 0 Å². The molecule has 0 amide bonds. The molecule has 1 saturated heterocycles. The number of hydrazone groups is 1. The fraction of sp³-hybridized carbons (Fsp3) is 0.316. The predicted octanol–water partition coefficient (Wildman–Crippen LogP) is 4.06. The third-order valence-electron chi connectivity index (χ3n) is 4.21. The number of piperazine rings is 1. The van der Waals surface area contributed by atoms with Gasteiger partial charge in [-0.2, -0.15) is 5.10 Å². The molecule has 1 fully saturated rings. The van der Waals surface area contributed by atoms with Gasteiger partial charge in [-0.1, -0.05) is 42.8 Å². The topological polar surface area (TPSA) is 18.8 Å². The summed E-state index contributed by atoms with van der Waals surface area (Å²) in [6, 6.07) is 16.6. The Hall–Kier alpha value is -2.00. The highest BCUT2D eigenvalue weighted by Crippen LogP contribution is 2.19. The first-order valence-electron chi connectivity index (χ1n) is 8.13. The number of anilines is 1. The average Bonchev–Trinajstić information content (AvgIpc) is 2.61. The monoisotopic (exact) mass is 327 g/mol. The summed E-state index contributed by atoms with van der Waals surface area (Å²) in [5.41, 5.74) is 3.74. The van der Waals surface area contributed by atoms with Crippen LogP contribution in [0.25, 0.3) is 0 Å². The van der Waals surface area contributed by atoms with E-state index in [9.17, 15) is 0 Å². The van der Waals surface area contributed by atoms with Crippen LogP contribution in [0.5, 0.6) is 0 Å². The van der Waals surface area contributed by atoms with Gasteiger partial charge in [0.05, 0.1) is 19.3 Å². The second kappa shape index (κ2) is 7.51. The molecule has 0 aliphatic carbocycles. The Kier molecular flexibility index (Phi) is 5.19. The fourth-order valence-electron chi connectivity index (χ4n) is 2.71. The molecule has 0 radical (unpaired) electrons. The summed E-state index contributed by atoms with van der Waals surface area (Å²) in [4.78, 5) is 2.37. The number of hydrogen-bond acceptors (Lipinski definition) is 3. The molecule has 0 atom stereocenters. The first-order valence-corrected chi connectivity index (χ1v) is 8.51. The van der Waals surface area contributed by atoms with Crippen LogP contribution in [0.3, 0.4) is 0 Å². The molecule has 3 rings (SSSR count). The smallest absolute Gasteiger partial charge is 0.0542 e. The molecular weight excluding hydrogens is 306 g/mol. The van der Waals surface area contributed by atoms with E-state index in [-0.39, 0.29) is 0 Å². The summed E-state index contributed by atoms with van der Waals surface area (Å²) >= 11 is 5.95. The number of hydrogen-bond donors (Lipinski definition) is 0. The molecule has 0 spiro atoms. The lowest BCUT2D eigenvalue weighted by atomic mass is 10.1. The van der Waals surface area contributed by atoms with Crippen molar-refractivity contribution in [2.24, 2.45) is 5.10 Å². The van der Waals surface area contributed by atoms with Crippen molar-refractivity contribution >= 4 is 23.5 Å². The molecular formula is C19H22ClN3. The molecule has 120 valence electrons. The van der Waals surface area contributed by atoms with Crippen molar-refractivity contribution in [2.75, 3.05) is 31.1 Å². The van der Waals surface area contributed by atoms with Crippen molar-refractivity contribution in [3.05, 3.63) is 64.7 Å². The van der Waals surface area contributed by atoms with E-state index in [1.54, 1.807) is 0 Å². The van der Waals surface area contributed by atoms with Crippen LogP contribution in [0.2, 0.25) is 5.02 Å². The number of nitrogens with zero attached hydrogens (tertiary/aromatic N) is 3. The number of halogens is 1. The first kappa shape index (κ1) is 15.9. The van der Waals surface area contributed by atoms with Gasteiger partial charge in [0.15, 0.2) is 0 Å². The minimum Gasteiger partial charge on any atom is -0.368 e. The van der Waals surface area contributed by atoms with Gasteiger partial charge >= 0.3 is 0 Å². The Morgan fingerprint density at radius 3 is 2.22 bits per heavy atom. The molecule has 23 heavy (non-hydrogen) atoms. The van der Waals surface area contributed by atoms with Crippen LogP contribution in [0.1, 0.15) is 18.1 Å². The zero-order chi connectivity index (χ0) is 16.1. The van der Waals surface area contributed by atoms with Crippen LogP contribution in [0.15, 0.2) is 53.6 Å². The summed E-state index contributed by atoms with van der Waals surface area (Å²) in [6.45, 7) is 6.00. The SMILES string of the molecule is CCc1ccc(/C=N\N2CCN(c3ccc(Cl)cc3)CC2)cc1. The lowest BCUT2D eigenvalue weighted by Gasteiger charge is -2.34. The maximum atomic E-state index is 5.95. The van der Waals surface area contributed by atoms with Gasteiger partial charge in [-0.15, -0.1) is 0 Å². The van der Waals surface area contributed by atoms with Crippen LogP contribution >= 0.6 is 11.6 Å². The molecule has 1 aliphatic rings. The summed E-state index contributed by atoms with van der Waals surface area (Å²) in [5, 5.41) is 7.53. The van der Waals surface area contributed by atoms with Crippen molar-refractivity contribution in [1.82, 2.24) is 5.01 Å². The lowest BCUT2D eigenvalue weighted by molar-refractivity contribution is 0.272. The maximum absolute atomic E-state index is 5.95. The Bertz CT molecular complexity index is 641. The molecule has 4 heteroatoms. The van der Waals surface area contributed by atoms with Crippen LogP contribution in [-0.2, 0) is 6.42 Å². The number of benzene rings is 2. The zero-order valence-corrected chi connectivity index (χ0v) is 14.2. The van der Waals surface area contributed by atoms with Crippen LogP contribution in [0, 0.1) is 0 Å². The van der Waals surface area contributed by atoms with Crippen molar-refractivity contribution in [2.45, 2.75) is 13.3 Å². The zero-order valence-electron chi connectivity index (χ0n) is 13.5. The maximum Gasteiger partial charge on any atom is 0.0542 e. The van der Waals surface area contributed by atoms with Crippen molar-refractivity contribution in [1.29, 1.82) is 0 Å². The van der Waals surface area contributed by atoms with Crippen molar-refractivity contribution in [3.63, 3.8) is 0 Å². The van der Waals surface area contributed by atoms with E-state index in [1.165, 1.54) is 11.3 Å². The van der Waals surface area contributed by atoms with Gasteiger partial charge < -0.3 is 4.90 Å². The quantitative estimate of drug-likeness (QED) is 0.789. The van der Waals surface area contributed by atoms with E-state index in [2.05, 4.69) is 58.3 Å². The van der Waals surface area contributed by atoms with E-state index in [0.717, 1.165) is 43.2 Å². The number of aryl methyl sites for hydroxylation is 1. The molecule has 2 aromatic carbocycles. The molecule has 0 N–H and O–H groups in total. The molecule has 2 aromatic rings. The Labute approximate surface area is 143 Å². The second-order valence-electron chi connectivity index (χ2n) is 5.76. The summed E-state index contributed by atoms with van der Waals surface area (Å²) in [6.07, 6.45) is 3.03. The summed E-state index contributed by atoms with van der Waals surface area (Å²) in [7, 11) is 0. The average molecular weight is 328 g/mol. The van der Waals surface area contributed by atoms with Crippen LogP contribution in [-0.4, -0.2) is 37.4 Å². The predicted molar refractivity (Wildman–Crippen MR) is 98.7 cm³/mol. The molecule has 1 heterocycles. The minimum atomic E-state index is 0.783. The highest BCUT2D eigenvalue weighted by atomic mass is 35.5. The van der Waals surface area contributed by atoms with Crippen molar-refractivity contribution in [3.8, 4) is 0 Å². The van der Waals surface area contributed by atoms with Gasteiger partial charge in [0.25, 0.3) is 0 Å². The number of rotatable bonds is 4. The second-order valence-corrected chi connectivity index (χ2v) is 6.19. The molecule has 0 aromatic heterocycles. The van der Waals surface area contributed by atoms with Gasteiger partial charge in [-0.3, -0.25) is 5.01 Å².